The molecule has 0 saturated carbocycles. The lowest BCUT2D eigenvalue weighted by atomic mass is 10.0. The molecule has 0 aromatic heterocycles. The third-order valence-electron chi connectivity index (χ3n) is 3.16. The van der Waals surface area contributed by atoms with E-state index in [-0.39, 0.29) is 6.61 Å². The minimum atomic E-state index is -0.904. The second-order valence-corrected chi connectivity index (χ2v) is 4.70. The van der Waals surface area contributed by atoms with Gasteiger partial charge in [-0.15, -0.1) is 0 Å². The number of amides is 1. The number of nitrogens with two attached hydrogens (primary N) is 1. The van der Waals surface area contributed by atoms with Crippen molar-refractivity contribution in [3.05, 3.63) is 59.7 Å². The van der Waals surface area contributed by atoms with E-state index in [2.05, 4.69) is 11.2 Å². The van der Waals surface area contributed by atoms with E-state index in [0.29, 0.717) is 0 Å². The molecule has 0 aliphatic rings. The molecule has 0 bridgehead atoms. The van der Waals surface area contributed by atoms with Crippen molar-refractivity contribution in [3.8, 4) is 17.2 Å². The molecular weight excluding hydrogens is 278 g/mol. The Morgan fingerprint density at radius 1 is 1.23 bits per heavy atom. The molecule has 2 aromatic carbocycles. The molecule has 2 rings (SSSR count). The van der Waals surface area contributed by atoms with E-state index < -0.39 is 11.6 Å². The highest BCUT2D eigenvalue weighted by Gasteiger charge is 2.07. The average molecular weight is 293 g/mol. The highest BCUT2D eigenvalue weighted by atomic mass is 16.6. The Kier molecular flexibility index (Phi) is 4.89. The molecule has 110 valence electrons. The molecule has 0 fully saturated rings. The number of hydrogen-bond donors (Lipinski definition) is 1. The molecule has 0 radical (unpaired) electrons. The van der Waals surface area contributed by atoms with Crippen molar-refractivity contribution in [3.63, 3.8) is 0 Å². The Bertz CT molecular complexity index is 746. The summed E-state index contributed by atoms with van der Waals surface area (Å²) in [6.45, 7) is 2.13. The summed E-state index contributed by atoms with van der Waals surface area (Å²) < 4.78 is 0. The maximum atomic E-state index is 10.8. The van der Waals surface area contributed by atoms with E-state index in [1.54, 1.807) is 6.07 Å². The van der Waals surface area contributed by atoms with Gasteiger partial charge >= 0.3 is 0 Å². The molecule has 2 N–H and O–H groups in total. The number of oxime groups is 1. The molecule has 0 unspecified atom stereocenters. The van der Waals surface area contributed by atoms with Gasteiger partial charge in [0.05, 0.1) is 0 Å². The van der Waals surface area contributed by atoms with Crippen molar-refractivity contribution in [1.29, 1.82) is 5.26 Å². The number of rotatable bonds is 5. The number of carbonyl (C=O) groups is 1. The zero-order valence-electron chi connectivity index (χ0n) is 12.1. The SMILES string of the molecule is Cc1cc(-c2ccccc2)ccc1CON=C(C#N)C(N)=O. The largest absolute Gasteiger partial charge is 0.390 e. The summed E-state index contributed by atoms with van der Waals surface area (Å²) in [4.78, 5) is 15.9. The fraction of sp³-hybridized carbons (Fsp3) is 0.118. The van der Waals surface area contributed by atoms with Crippen LogP contribution in [0.5, 0.6) is 0 Å². The predicted octanol–water partition coefficient (Wildman–Crippen LogP) is 2.54. The smallest absolute Gasteiger partial charge is 0.281 e. The summed E-state index contributed by atoms with van der Waals surface area (Å²) in [6.07, 6.45) is 0. The standard InChI is InChI=1S/C17H15N3O2/c1-12-9-14(13-5-3-2-4-6-13)7-8-15(12)11-22-20-16(10-18)17(19)21/h2-9H,11H2,1H3,(H2,19,21). The van der Waals surface area contributed by atoms with Crippen molar-refractivity contribution in [1.82, 2.24) is 0 Å². The van der Waals surface area contributed by atoms with Gasteiger partial charge in [0.2, 0.25) is 5.71 Å². The highest BCUT2D eigenvalue weighted by Crippen LogP contribution is 2.22. The number of nitrogens with zero attached hydrogens (tertiary/aromatic N) is 2. The van der Waals surface area contributed by atoms with Gasteiger partial charge in [0.25, 0.3) is 5.91 Å². The number of aryl methyl sites for hydroxylation is 1. The molecular formula is C17H15N3O2. The molecule has 0 atom stereocenters. The minimum Gasteiger partial charge on any atom is -0.390 e. The molecule has 1 amide bonds. The van der Waals surface area contributed by atoms with Crippen LogP contribution in [0.25, 0.3) is 11.1 Å². The first kappa shape index (κ1) is 15.3. The molecule has 2 aromatic rings. The number of primary amides is 1. The lowest BCUT2D eigenvalue weighted by Gasteiger charge is -2.08. The summed E-state index contributed by atoms with van der Waals surface area (Å²) in [7, 11) is 0. The Balaban J connectivity index is 2.11. The van der Waals surface area contributed by atoms with Crippen LogP contribution in [0.1, 0.15) is 11.1 Å². The van der Waals surface area contributed by atoms with Crippen LogP contribution >= 0.6 is 0 Å². The molecule has 0 aliphatic carbocycles. The second-order valence-electron chi connectivity index (χ2n) is 4.70. The summed E-state index contributed by atoms with van der Waals surface area (Å²) in [5, 5.41) is 12.1. The van der Waals surface area contributed by atoms with E-state index in [1.165, 1.54) is 0 Å². The summed E-state index contributed by atoms with van der Waals surface area (Å²) in [5.41, 5.74) is 8.73. The zero-order chi connectivity index (χ0) is 15.9. The third kappa shape index (κ3) is 3.70. The van der Waals surface area contributed by atoms with Crippen molar-refractivity contribution >= 4 is 11.6 Å². The van der Waals surface area contributed by atoms with Crippen LogP contribution < -0.4 is 5.73 Å². The van der Waals surface area contributed by atoms with E-state index in [0.717, 1.165) is 22.3 Å². The van der Waals surface area contributed by atoms with Gasteiger partial charge in [-0.3, -0.25) is 4.79 Å². The number of carbonyl (C=O) groups excluding carboxylic acids is 1. The molecule has 5 heteroatoms. The molecule has 5 nitrogen and oxygen atoms in total. The fourth-order valence-electron chi connectivity index (χ4n) is 1.95. The van der Waals surface area contributed by atoms with Crippen molar-refractivity contribution < 1.29 is 9.63 Å². The molecule has 0 saturated heterocycles. The lowest BCUT2D eigenvalue weighted by molar-refractivity contribution is -0.112. The maximum Gasteiger partial charge on any atom is 0.281 e. The van der Waals surface area contributed by atoms with Gasteiger partial charge in [0.15, 0.2) is 0 Å². The molecule has 22 heavy (non-hydrogen) atoms. The van der Waals surface area contributed by atoms with Crippen LogP contribution in [-0.4, -0.2) is 11.6 Å². The van der Waals surface area contributed by atoms with E-state index in [9.17, 15) is 4.79 Å². The quantitative estimate of drug-likeness (QED) is 0.678. The van der Waals surface area contributed by atoms with Crippen molar-refractivity contribution in [2.75, 3.05) is 0 Å². The van der Waals surface area contributed by atoms with Gasteiger partial charge in [-0.05, 0) is 29.2 Å². The highest BCUT2D eigenvalue weighted by molar-refractivity contribution is 6.44. The maximum absolute atomic E-state index is 10.8. The minimum absolute atomic E-state index is 0.166. The van der Waals surface area contributed by atoms with Gasteiger partial charge in [0.1, 0.15) is 12.7 Å². The van der Waals surface area contributed by atoms with Gasteiger partial charge < -0.3 is 10.6 Å². The Labute approximate surface area is 128 Å². The molecule has 0 spiro atoms. The van der Waals surface area contributed by atoms with Gasteiger partial charge in [-0.2, -0.15) is 5.26 Å². The van der Waals surface area contributed by atoms with Gasteiger partial charge in [-0.1, -0.05) is 53.7 Å². The zero-order valence-corrected chi connectivity index (χ0v) is 12.1. The van der Waals surface area contributed by atoms with Crippen LogP contribution in [-0.2, 0) is 16.2 Å². The van der Waals surface area contributed by atoms with Crippen LogP contribution in [0.2, 0.25) is 0 Å². The summed E-state index contributed by atoms with van der Waals surface area (Å²) in [6, 6.07) is 17.6. The van der Waals surface area contributed by atoms with Crippen LogP contribution in [0.4, 0.5) is 0 Å². The van der Waals surface area contributed by atoms with Crippen LogP contribution in [0.3, 0.4) is 0 Å². The number of hydrogen-bond acceptors (Lipinski definition) is 4. The Hall–Kier alpha value is -3.13. The van der Waals surface area contributed by atoms with Gasteiger partial charge in [0, 0.05) is 0 Å². The Morgan fingerprint density at radius 3 is 2.55 bits per heavy atom. The monoisotopic (exact) mass is 293 g/mol. The summed E-state index contributed by atoms with van der Waals surface area (Å²) >= 11 is 0. The predicted molar refractivity (Wildman–Crippen MR) is 83.6 cm³/mol. The molecule has 0 heterocycles. The average Bonchev–Trinajstić information content (AvgIpc) is 2.53. The summed E-state index contributed by atoms with van der Waals surface area (Å²) in [5.74, 6) is -0.904. The molecule has 0 aliphatic heterocycles. The van der Waals surface area contributed by atoms with Crippen molar-refractivity contribution in [2.45, 2.75) is 13.5 Å². The first-order chi connectivity index (χ1) is 10.6. The third-order valence-corrected chi connectivity index (χ3v) is 3.16. The van der Waals surface area contributed by atoms with E-state index >= 15 is 0 Å². The second kappa shape index (κ2) is 7.04. The van der Waals surface area contributed by atoms with Crippen LogP contribution in [0, 0.1) is 18.3 Å². The normalized spacial score (nSPS) is 10.8. The van der Waals surface area contributed by atoms with E-state index in [4.69, 9.17) is 15.8 Å². The number of benzene rings is 2. The van der Waals surface area contributed by atoms with Crippen molar-refractivity contribution in [2.24, 2.45) is 10.9 Å². The van der Waals surface area contributed by atoms with E-state index in [1.807, 2.05) is 49.4 Å². The first-order valence-electron chi connectivity index (χ1n) is 6.66. The fourth-order valence-corrected chi connectivity index (χ4v) is 1.95. The topological polar surface area (TPSA) is 88.5 Å². The lowest BCUT2D eigenvalue weighted by Crippen LogP contribution is -2.21. The Morgan fingerprint density at radius 2 is 1.95 bits per heavy atom. The first-order valence-corrected chi connectivity index (χ1v) is 6.66. The van der Waals surface area contributed by atoms with Gasteiger partial charge in [-0.25, -0.2) is 0 Å². The number of nitriles is 1. The van der Waals surface area contributed by atoms with Crippen LogP contribution in [0.15, 0.2) is 53.7 Å².